The van der Waals surface area contributed by atoms with Gasteiger partial charge in [-0.15, -0.1) is 0 Å². The second-order valence-corrected chi connectivity index (χ2v) is 2.50. The number of nitrogens with one attached hydrogen (secondary N) is 1. The maximum atomic E-state index is 11.2. The first kappa shape index (κ1) is 6.84. The topological polar surface area (TPSA) is 71.8 Å². The largest absolute Gasteiger partial charge is 0.385 e. The van der Waals surface area contributed by atoms with Gasteiger partial charge in [-0.25, -0.2) is 0 Å². The number of rotatable bonds is 0. The maximum absolute atomic E-state index is 11.2. The Balaban J connectivity index is 2.99. The zero-order chi connectivity index (χ0) is 8.55. The number of fused-ring (bicyclic) bond motifs is 1. The highest BCUT2D eigenvalue weighted by atomic mass is 16.1. The lowest BCUT2D eigenvalue weighted by atomic mass is 10.2. The summed E-state index contributed by atoms with van der Waals surface area (Å²) in [5.74, 6) is 0.362. The van der Waals surface area contributed by atoms with Gasteiger partial charge < -0.3 is 10.7 Å². The predicted octanol–water partition coefficient (Wildman–Crippen LogP) is 0.505. The van der Waals surface area contributed by atoms with Gasteiger partial charge in [0.25, 0.3) is 5.56 Å². The highest BCUT2D eigenvalue weighted by Gasteiger charge is 1.98. The summed E-state index contributed by atoms with van der Waals surface area (Å²) < 4.78 is 0. The molecule has 4 nitrogen and oxygen atoms in total. The highest BCUT2D eigenvalue weighted by molar-refractivity contribution is 5.79. The molecule has 0 aliphatic heterocycles. The molecule has 0 bridgehead atoms. The molecule has 2 rings (SSSR count). The molecule has 0 aliphatic carbocycles. The third kappa shape index (κ3) is 0.934. The molecule has 0 saturated carbocycles. The van der Waals surface area contributed by atoms with E-state index in [9.17, 15) is 4.79 Å². The van der Waals surface area contributed by atoms with Crippen molar-refractivity contribution < 1.29 is 0 Å². The minimum atomic E-state index is -0.245. The van der Waals surface area contributed by atoms with E-state index in [2.05, 4.69) is 9.97 Å². The monoisotopic (exact) mass is 161 g/mol. The third-order valence-corrected chi connectivity index (χ3v) is 1.62. The van der Waals surface area contributed by atoms with Crippen LogP contribution in [0.2, 0.25) is 0 Å². The number of nitrogens with two attached hydrogens (primary N) is 1. The van der Waals surface area contributed by atoms with E-state index < -0.39 is 0 Å². The van der Waals surface area contributed by atoms with Crippen molar-refractivity contribution in [2.75, 3.05) is 5.73 Å². The van der Waals surface area contributed by atoms with Crippen molar-refractivity contribution >= 4 is 16.7 Å². The van der Waals surface area contributed by atoms with Crippen molar-refractivity contribution in [3.8, 4) is 0 Å². The number of H-pyrrole nitrogens is 1. The Bertz CT molecular complexity index is 475. The summed E-state index contributed by atoms with van der Waals surface area (Å²) in [6.07, 6.45) is 1.58. The Hall–Kier alpha value is -1.84. The molecular weight excluding hydrogens is 154 g/mol. The van der Waals surface area contributed by atoms with Crippen LogP contribution in [-0.2, 0) is 0 Å². The quantitative estimate of drug-likeness (QED) is 0.591. The SMILES string of the molecule is Nc1cc2cccnc2c(=O)[nH]1. The molecule has 12 heavy (non-hydrogen) atoms. The summed E-state index contributed by atoms with van der Waals surface area (Å²) in [5, 5.41) is 0.763. The van der Waals surface area contributed by atoms with Crippen molar-refractivity contribution in [3.63, 3.8) is 0 Å². The Labute approximate surface area is 68.1 Å². The van der Waals surface area contributed by atoms with Gasteiger partial charge in [0.1, 0.15) is 11.3 Å². The summed E-state index contributed by atoms with van der Waals surface area (Å²) in [6.45, 7) is 0. The van der Waals surface area contributed by atoms with Gasteiger partial charge in [-0.2, -0.15) is 0 Å². The molecule has 2 heterocycles. The van der Waals surface area contributed by atoms with Crippen LogP contribution in [-0.4, -0.2) is 9.97 Å². The van der Waals surface area contributed by atoms with Crippen LogP contribution in [0, 0.1) is 0 Å². The maximum Gasteiger partial charge on any atom is 0.275 e. The molecule has 3 N–H and O–H groups in total. The summed E-state index contributed by atoms with van der Waals surface area (Å²) >= 11 is 0. The van der Waals surface area contributed by atoms with Crippen LogP contribution in [0.3, 0.4) is 0 Å². The highest BCUT2D eigenvalue weighted by Crippen LogP contribution is 2.07. The number of nitrogens with zero attached hydrogens (tertiary/aromatic N) is 1. The Kier molecular flexibility index (Phi) is 1.33. The average Bonchev–Trinajstić information content (AvgIpc) is 2.04. The van der Waals surface area contributed by atoms with Crippen LogP contribution in [0.15, 0.2) is 29.2 Å². The van der Waals surface area contributed by atoms with Gasteiger partial charge in [-0.05, 0) is 12.1 Å². The third-order valence-electron chi connectivity index (χ3n) is 1.62. The summed E-state index contributed by atoms with van der Waals surface area (Å²) in [5.41, 5.74) is 5.62. The van der Waals surface area contributed by atoms with Crippen molar-refractivity contribution in [2.24, 2.45) is 0 Å². The Morgan fingerprint density at radius 1 is 1.50 bits per heavy atom. The molecular formula is C8H7N3O. The number of aromatic amines is 1. The van der Waals surface area contributed by atoms with Crippen molar-refractivity contribution in [1.29, 1.82) is 0 Å². The fraction of sp³-hybridized carbons (Fsp3) is 0. The zero-order valence-corrected chi connectivity index (χ0v) is 6.24. The minimum Gasteiger partial charge on any atom is -0.385 e. The molecule has 2 aromatic heterocycles. The van der Waals surface area contributed by atoms with Gasteiger partial charge in [0.05, 0.1) is 0 Å². The summed E-state index contributed by atoms with van der Waals surface area (Å²) in [7, 11) is 0. The molecule has 60 valence electrons. The molecule has 0 fully saturated rings. The predicted molar refractivity (Wildman–Crippen MR) is 46.8 cm³/mol. The van der Waals surface area contributed by atoms with Gasteiger partial charge in [0.2, 0.25) is 0 Å². The normalized spacial score (nSPS) is 10.3. The second kappa shape index (κ2) is 2.34. The number of aromatic nitrogens is 2. The van der Waals surface area contributed by atoms with Gasteiger partial charge >= 0.3 is 0 Å². The molecule has 0 spiro atoms. The molecule has 4 heteroatoms. The fourth-order valence-corrected chi connectivity index (χ4v) is 1.12. The van der Waals surface area contributed by atoms with E-state index >= 15 is 0 Å². The molecule has 0 atom stereocenters. The van der Waals surface area contributed by atoms with Gasteiger partial charge in [-0.1, -0.05) is 6.07 Å². The van der Waals surface area contributed by atoms with Crippen molar-refractivity contribution in [2.45, 2.75) is 0 Å². The number of nitrogen functional groups attached to an aromatic ring is 1. The number of hydrogen-bond donors (Lipinski definition) is 2. The zero-order valence-electron chi connectivity index (χ0n) is 6.24. The van der Waals surface area contributed by atoms with E-state index in [4.69, 9.17) is 5.73 Å². The Morgan fingerprint density at radius 2 is 2.33 bits per heavy atom. The lowest BCUT2D eigenvalue weighted by molar-refractivity contribution is 1.25. The van der Waals surface area contributed by atoms with E-state index in [1.165, 1.54) is 0 Å². The first-order valence-electron chi connectivity index (χ1n) is 3.51. The first-order chi connectivity index (χ1) is 5.77. The van der Waals surface area contributed by atoms with Crippen molar-refractivity contribution in [3.05, 3.63) is 34.7 Å². The van der Waals surface area contributed by atoms with E-state index in [0.29, 0.717) is 11.3 Å². The lowest BCUT2D eigenvalue weighted by Gasteiger charge is -1.96. The van der Waals surface area contributed by atoms with Gasteiger partial charge in [-0.3, -0.25) is 9.78 Å². The van der Waals surface area contributed by atoms with Crippen LogP contribution in [0.5, 0.6) is 0 Å². The first-order valence-corrected chi connectivity index (χ1v) is 3.51. The molecule has 2 aromatic rings. The molecule has 0 unspecified atom stereocenters. The second-order valence-electron chi connectivity index (χ2n) is 2.50. The van der Waals surface area contributed by atoms with E-state index in [1.807, 2.05) is 0 Å². The van der Waals surface area contributed by atoms with E-state index in [0.717, 1.165) is 5.39 Å². The summed E-state index contributed by atoms with van der Waals surface area (Å²) in [4.78, 5) is 17.6. The van der Waals surface area contributed by atoms with Crippen LogP contribution in [0.4, 0.5) is 5.82 Å². The van der Waals surface area contributed by atoms with E-state index in [-0.39, 0.29) is 5.56 Å². The summed E-state index contributed by atoms with van der Waals surface area (Å²) in [6, 6.07) is 5.25. The van der Waals surface area contributed by atoms with Gasteiger partial charge in [0, 0.05) is 11.6 Å². The number of anilines is 1. The molecule has 0 amide bonds. The van der Waals surface area contributed by atoms with Gasteiger partial charge in [0.15, 0.2) is 0 Å². The smallest absolute Gasteiger partial charge is 0.275 e. The number of pyridine rings is 2. The van der Waals surface area contributed by atoms with Crippen LogP contribution < -0.4 is 11.3 Å². The standard InChI is InChI=1S/C8H7N3O/c9-6-4-5-2-1-3-10-7(5)8(12)11-6/h1-4H,(H3,9,11,12). The minimum absolute atomic E-state index is 0.245. The molecule has 0 radical (unpaired) electrons. The lowest BCUT2D eigenvalue weighted by Crippen LogP contribution is -2.09. The average molecular weight is 161 g/mol. The molecule has 0 aliphatic rings. The van der Waals surface area contributed by atoms with E-state index in [1.54, 1.807) is 24.4 Å². The Morgan fingerprint density at radius 3 is 3.17 bits per heavy atom. The number of hydrogen-bond acceptors (Lipinski definition) is 3. The van der Waals surface area contributed by atoms with Crippen molar-refractivity contribution in [1.82, 2.24) is 9.97 Å². The molecule has 0 saturated heterocycles. The van der Waals surface area contributed by atoms with Crippen LogP contribution in [0.25, 0.3) is 10.9 Å². The molecule has 0 aromatic carbocycles. The van der Waals surface area contributed by atoms with Crippen LogP contribution >= 0.6 is 0 Å². The van der Waals surface area contributed by atoms with Crippen LogP contribution in [0.1, 0.15) is 0 Å². The fourth-order valence-electron chi connectivity index (χ4n) is 1.12.